The molecule has 158 valence electrons. The van der Waals surface area contributed by atoms with Crippen molar-refractivity contribution >= 4 is 17.5 Å². The zero-order valence-electron chi connectivity index (χ0n) is 16.9. The molecule has 4 rings (SSSR count). The Hall–Kier alpha value is -3.51. The Morgan fingerprint density at radius 2 is 1.58 bits per heavy atom. The summed E-state index contributed by atoms with van der Waals surface area (Å²) >= 11 is 0. The van der Waals surface area contributed by atoms with Gasteiger partial charge in [-0.1, -0.05) is 55.3 Å². The molecule has 0 radical (unpaired) electrons. The van der Waals surface area contributed by atoms with Crippen LogP contribution in [0.15, 0.2) is 72.8 Å². The van der Waals surface area contributed by atoms with Crippen molar-refractivity contribution in [3.8, 4) is 11.1 Å². The summed E-state index contributed by atoms with van der Waals surface area (Å²) in [6.07, 6.45) is 3.08. The van der Waals surface area contributed by atoms with Gasteiger partial charge in [0.2, 0.25) is 5.91 Å². The van der Waals surface area contributed by atoms with Gasteiger partial charge in [0.05, 0.1) is 5.41 Å². The Morgan fingerprint density at radius 3 is 2.19 bits per heavy atom. The molecule has 0 atom stereocenters. The number of nitrogens with one attached hydrogen (secondary N) is 2. The monoisotopic (exact) mass is 418 g/mol. The molecule has 6 heteroatoms. The molecule has 3 aromatic carbocycles. The first kappa shape index (κ1) is 20.8. The summed E-state index contributed by atoms with van der Waals surface area (Å²) in [6.45, 7) is 0. The van der Waals surface area contributed by atoms with Gasteiger partial charge in [-0.3, -0.25) is 14.8 Å². The van der Waals surface area contributed by atoms with Crippen LogP contribution in [0.1, 0.15) is 41.6 Å². The van der Waals surface area contributed by atoms with Crippen molar-refractivity contribution in [1.29, 1.82) is 0 Å². The van der Waals surface area contributed by atoms with Crippen molar-refractivity contribution in [3.05, 3.63) is 89.7 Å². The first-order valence-corrected chi connectivity index (χ1v) is 10.2. The van der Waals surface area contributed by atoms with Gasteiger partial charge < -0.3 is 5.32 Å². The van der Waals surface area contributed by atoms with E-state index in [4.69, 9.17) is 5.21 Å². The van der Waals surface area contributed by atoms with Gasteiger partial charge in [-0.25, -0.2) is 9.87 Å². The number of amides is 2. The van der Waals surface area contributed by atoms with Crippen molar-refractivity contribution in [1.82, 2.24) is 5.48 Å². The molecular weight excluding hydrogens is 395 g/mol. The minimum absolute atomic E-state index is 0.184. The highest BCUT2D eigenvalue weighted by atomic mass is 19.1. The molecule has 2 amide bonds. The highest BCUT2D eigenvalue weighted by Crippen LogP contribution is 2.43. The predicted octanol–water partition coefficient (Wildman–Crippen LogP) is 5.06. The number of carbonyl (C=O) groups is 2. The second kappa shape index (κ2) is 8.70. The molecule has 3 aromatic rings. The van der Waals surface area contributed by atoms with Crippen LogP contribution in [0.3, 0.4) is 0 Å². The van der Waals surface area contributed by atoms with Crippen LogP contribution in [0.2, 0.25) is 0 Å². The summed E-state index contributed by atoms with van der Waals surface area (Å²) in [5.74, 6) is -1.16. The van der Waals surface area contributed by atoms with Crippen LogP contribution in [0.4, 0.5) is 10.1 Å². The van der Waals surface area contributed by atoms with Gasteiger partial charge >= 0.3 is 0 Å². The number of benzene rings is 3. The lowest BCUT2D eigenvalue weighted by atomic mass is 9.77. The fourth-order valence-corrected chi connectivity index (χ4v) is 4.31. The number of anilines is 1. The maximum absolute atomic E-state index is 15.0. The highest BCUT2D eigenvalue weighted by molar-refractivity contribution is 6.00. The van der Waals surface area contributed by atoms with E-state index < -0.39 is 11.3 Å². The van der Waals surface area contributed by atoms with E-state index in [0.717, 1.165) is 18.4 Å². The standard InChI is InChI=1S/C25H23FN2O3/c26-22-16-19(10-13-21(22)17-6-2-1-3-7-17)25(14-4-5-15-25)24(30)27-20-11-8-18(9-12-20)23(29)28-31/h1-3,6-13,16,31H,4-5,14-15H2,(H,27,30)(H,28,29). The van der Waals surface area contributed by atoms with Crippen molar-refractivity contribution in [2.45, 2.75) is 31.1 Å². The van der Waals surface area contributed by atoms with Crippen LogP contribution in [-0.2, 0) is 10.2 Å². The van der Waals surface area contributed by atoms with Crippen molar-refractivity contribution in [2.24, 2.45) is 0 Å². The molecule has 1 aliphatic rings. The first-order chi connectivity index (χ1) is 15.0. The largest absolute Gasteiger partial charge is 0.325 e. The molecule has 0 heterocycles. The third kappa shape index (κ3) is 4.07. The molecule has 1 fully saturated rings. The minimum atomic E-state index is -0.794. The number of hydroxylamine groups is 1. The van der Waals surface area contributed by atoms with Crippen molar-refractivity contribution < 1.29 is 19.2 Å². The SMILES string of the molecule is O=C(NO)c1ccc(NC(=O)C2(c3ccc(-c4ccccc4)c(F)c3)CCCC2)cc1. The van der Waals surface area contributed by atoms with E-state index >= 15 is 4.39 Å². The van der Waals surface area contributed by atoms with Crippen LogP contribution in [0.25, 0.3) is 11.1 Å². The molecule has 1 saturated carbocycles. The van der Waals surface area contributed by atoms with Gasteiger partial charge in [-0.15, -0.1) is 0 Å². The summed E-state index contributed by atoms with van der Waals surface area (Å²) in [7, 11) is 0. The van der Waals surface area contributed by atoms with E-state index in [1.54, 1.807) is 23.7 Å². The number of rotatable bonds is 5. The summed E-state index contributed by atoms with van der Waals surface area (Å²) < 4.78 is 15.0. The van der Waals surface area contributed by atoms with Gasteiger partial charge in [0.1, 0.15) is 5.82 Å². The number of hydrogen-bond donors (Lipinski definition) is 3. The van der Waals surface area contributed by atoms with Crippen LogP contribution in [0.5, 0.6) is 0 Å². The van der Waals surface area contributed by atoms with Gasteiger partial charge in [0, 0.05) is 16.8 Å². The van der Waals surface area contributed by atoms with E-state index in [0.29, 0.717) is 29.7 Å². The molecule has 1 aliphatic carbocycles. The Labute approximate surface area is 179 Å². The van der Waals surface area contributed by atoms with E-state index in [-0.39, 0.29) is 17.3 Å². The predicted molar refractivity (Wildman–Crippen MR) is 116 cm³/mol. The minimum Gasteiger partial charge on any atom is -0.325 e. The third-order valence-electron chi connectivity index (χ3n) is 6.00. The summed E-state index contributed by atoms with van der Waals surface area (Å²) in [5, 5.41) is 11.6. The number of hydrogen-bond acceptors (Lipinski definition) is 3. The maximum atomic E-state index is 15.0. The fourth-order valence-electron chi connectivity index (χ4n) is 4.31. The smallest absolute Gasteiger partial charge is 0.274 e. The molecular formula is C25H23FN2O3. The third-order valence-corrected chi connectivity index (χ3v) is 6.00. The normalized spacial score (nSPS) is 14.8. The molecule has 0 bridgehead atoms. The Morgan fingerprint density at radius 1 is 0.903 bits per heavy atom. The molecule has 0 aromatic heterocycles. The average Bonchev–Trinajstić information content (AvgIpc) is 3.31. The molecule has 0 unspecified atom stereocenters. The van der Waals surface area contributed by atoms with Gasteiger partial charge in [0.25, 0.3) is 5.91 Å². The molecule has 31 heavy (non-hydrogen) atoms. The van der Waals surface area contributed by atoms with Crippen LogP contribution in [0, 0.1) is 5.82 Å². The molecule has 5 nitrogen and oxygen atoms in total. The molecule has 0 aliphatic heterocycles. The summed E-state index contributed by atoms with van der Waals surface area (Å²) in [6, 6.07) is 20.6. The van der Waals surface area contributed by atoms with Crippen molar-refractivity contribution in [3.63, 3.8) is 0 Å². The highest BCUT2D eigenvalue weighted by Gasteiger charge is 2.43. The lowest BCUT2D eigenvalue weighted by Crippen LogP contribution is -2.38. The Balaban J connectivity index is 1.61. The zero-order valence-corrected chi connectivity index (χ0v) is 16.9. The van der Waals surface area contributed by atoms with E-state index in [2.05, 4.69) is 5.32 Å². The Bertz CT molecular complexity index is 1090. The number of halogens is 1. The summed E-state index contributed by atoms with van der Waals surface area (Å²) in [4.78, 5) is 24.8. The average molecular weight is 418 g/mol. The first-order valence-electron chi connectivity index (χ1n) is 10.2. The van der Waals surface area contributed by atoms with Gasteiger partial charge in [-0.05, 0) is 54.3 Å². The Kier molecular flexibility index (Phi) is 5.82. The number of carbonyl (C=O) groups excluding carboxylic acids is 2. The maximum Gasteiger partial charge on any atom is 0.274 e. The van der Waals surface area contributed by atoms with Crippen molar-refractivity contribution in [2.75, 3.05) is 5.32 Å². The second-order valence-corrected chi connectivity index (χ2v) is 7.82. The lowest BCUT2D eigenvalue weighted by molar-refractivity contribution is -0.121. The molecule has 0 spiro atoms. The van der Waals surface area contributed by atoms with E-state index in [1.807, 2.05) is 36.4 Å². The molecule has 0 saturated heterocycles. The van der Waals surface area contributed by atoms with Gasteiger partial charge in [0.15, 0.2) is 0 Å². The summed E-state index contributed by atoms with van der Waals surface area (Å²) in [5.41, 5.74) is 3.57. The topological polar surface area (TPSA) is 78.4 Å². The van der Waals surface area contributed by atoms with Gasteiger partial charge in [-0.2, -0.15) is 0 Å². The molecule has 3 N–H and O–H groups in total. The van der Waals surface area contributed by atoms with Crippen LogP contribution >= 0.6 is 0 Å². The fraction of sp³-hybridized carbons (Fsp3) is 0.200. The van der Waals surface area contributed by atoms with Crippen LogP contribution in [-0.4, -0.2) is 17.0 Å². The van der Waals surface area contributed by atoms with E-state index in [9.17, 15) is 9.59 Å². The van der Waals surface area contributed by atoms with E-state index in [1.165, 1.54) is 18.2 Å². The van der Waals surface area contributed by atoms with Crippen LogP contribution < -0.4 is 10.8 Å². The quantitative estimate of drug-likeness (QED) is 0.400. The lowest BCUT2D eigenvalue weighted by Gasteiger charge is -2.29. The second-order valence-electron chi connectivity index (χ2n) is 7.82. The zero-order chi connectivity index (χ0) is 21.8.